The van der Waals surface area contributed by atoms with Crippen LogP contribution in [0.25, 0.3) is 0 Å². The molecule has 1 aliphatic carbocycles. The lowest BCUT2D eigenvalue weighted by molar-refractivity contribution is 0.235. The van der Waals surface area contributed by atoms with Crippen LogP contribution in [0.15, 0.2) is 0 Å². The van der Waals surface area contributed by atoms with Gasteiger partial charge in [0.2, 0.25) is 0 Å². The molecule has 72 valence electrons. The zero-order chi connectivity index (χ0) is 9.26. The van der Waals surface area contributed by atoms with Gasteiger partial charge in [0.15, 0.2) is 5.82 Å². The number of aryl methyl sites for hydroxylation is 1. The molecule has 2 rings (SSSR count). The first kappa shape index (κ1) is 8.62. The number of aromatic nitrogens is 4. The molecule has 5 heteroatoms. The fraction of sp³-hybridized carbons (Fsp3) is 0.875. The predicted octanol–water partition coefficient (Wildman–Crippen LogP) is -0.0769. The van der Waals surface area contributed by atoms with Gasteiger partial charge in [0.1, 0.15) is 0 Å². The van der Waals surface area contributed by atoms with Gasteiger partial charge in [-0.3, -0.25) is 0 Å². The summed E-state index contributed by atoms with van der Waals surface area (Å²) in [4.78, 5) is 0. The van der Waals surface area contributed by atoms with Crippen molar-refractivity contribution in [1.29, 1.82) is 0 Å². The lowest BCUT2D eigenvalue weighted by atomic mass is 9.73. The zero-order valence-corrected chi connectivity index (χ0v) is 8.06. The predicted molar refractivity (Wildman–Crippen MR) is 48.2 cm³/mol. The molecule has 0 amide bonds. The maximum atomic E-state index is 4.04. The molecule has 2 unspecified atom stereocenters. The smallest absolute Gasteiger partial charge is 0.154 e. The van der Waals surface area contributed by atoms with Crippen molar-refractivity contribution < 1.29 is 0 Å². The highest BCUT2D eigenvalue weighted by molar-refractivity contribution is 5.03. The normalized spacial score (nSPS) is 27.2. The second kappa shape index (κ2) is 3.41. The number of hydrogen-bond donors (Lipinski definition) is 1. The Kier molecular flexibility index (Phi) is 2.26. The second-order valence-corrected chi connectivity index (χ2v) is 3.66. The van der Waals surface area contributed by atoms with Crippen molar-refractivity contribution in [1.82, 2.24) is 25.5 Å². The lowest BCUT2D eigenvalue weighted by Crippen LogP contribution is -2.33. The van der Waals surface area contributed by atoms with Crippen LogP contribution in [0, 0.1) is 5.92 Å². The Labute approximate surface area is 77.5 Å². The van der Waals surface area contributed by atoms with E-state index in [-0.39, 0.29) is 0 Å². The Morgan fingerprint density at radius 2 is 2.38 bits per heavy atom. The first-order chi connectivity index (χ1) is 6.33. The summed E-state index contributed by atoms with van der Waals surface area (Å²) in [7, 11) is 3.90. The van der Waals surface area contributed by atoms with Gasteiger partial charge >= 0.3 is 0 Å². The molecule has 1 aromatic heterocycles. The molecule has 1 aliphatic rings. The van der Waals surface area contributed by atoms with E-state index in [0.29, 0.717) is 5.92 Å². The van der Waals surface area contributed by atoms with Crippen molar-refractivity contribution in [3.63, 3.8) is 0 Å². The molecular weight excluding hydrogens is 166 g/mol. The Morgan fingerprint density at radius 1 is 1.54 bits per heavy atom. The van der Waals surface area contributed by atoms with E-state index < -0.39 is 0 Å². The summed E-state index contributed by atoms with van der Waals surface area (Å²) in [6, 6.07) is 0. The maximum Gasteiger partial charge on any atom is 0.154 e. The Hall–Kier alpha value is -0.970. The second-order valence-electron chi connectivity index (χ2n) is 3.66. The van der Waals surface area contributed by atoms with Crippen LogP contribution < -0.4 is 5.32 Å². The van der Waals surface area contributed by atoms with Gasteiger partial charge in [0.05, 0.1) is 0 Å². The Bertz CT molecular complexity index is 282. The Balaban J connectivity index is 2.06. The summed E-state index contributed by atoms with van der Waals surface area (Å²) >= 11 is 0. The van der Waals surface area contributed by atoms with Crippen LogP contribution in [0.2, 0.25) is 0 Å². The topological polar surface area (TPSA) is 55.6 Å². The van der Waals surface area contributed by atoms with E-state index in [4.69, 9.17) is 0 Å². The summed E-state index contributed by atoms with van der Waals surface area (Å²) < 4.78 is 1.78. The van der Waals surface area contributed by atoms with Crippen molar-refractivity contribution in [3.8, 4) is 0 Å². The minimum absolute atomic E-state index is 0.562. The zero-order valence-electron chi connectivity index (χ0n) is 8.06. The average molecular weight is 181 g/mol. The third-order valence-electron chi connectivity index (χ3n) is 2.87. The highest BCUT2D eigenvalue weighted by Crippen LogP contribution is 2.40. The minimum atomic E-state index is 0.562. The molecule has 1 saturated carbocycles. The van der Waals surface area contributed by atoms with E-state index in [9.17, 15) is 0 Å². The van der Waals surface area contributed by atoms with E-state index in [2.05, 4.69) is 20.8 Å². The first-order valence-corrected chi connectivity index (χ1v) is 4.69. The molecule has 1 aromatic rings. The summed E-state index contributed by atoms with van der Waals surface area (Å²) in [6.07, 6.45) is 2.51. The average Bonchev–Trinajstić information content (AvgIpc) is 2.46. The number of tetrazole rings is 1. The van der Waals surface area contributed by atoms with Crippen molar-refractivity contribution in [2.24, 2.45) is 13.0 Å². The van der Waals surface area contributed by atoms with Crippen molar-refractivity contribution in [3.05, 3.63) is 5.82 Å². The highest BCUT2D eigenvalue weighted by Gasteiger charge is 2.34. The molecule has 1 fully saturated rings. The van der Waals surface area contributed by atoms with Crippen LogP contribution in [0.1, 0.15) is 24.6 Å². The van der Waals surface area contributed by atoms with E-state index >= 15 is 0 Å². The lowest BCUT2D eigenvalue weighted by Gasteiger charge is -2.35. The van der Waals surface area contributed by atoms with Gasteiger partial charge in [-0.2, -0.15) is 0 Å². The van der Waals surface area contributed by atoms with Crippen LogP contribution in [-0.4, -0.2) is 33.8 Å². The summed E-state index contributed by atoms with van der Waals surface area (Å²) in [5, 5.41) is 14.8. The van der Waals surface area contributed by atoms with Crippen LogP contribution in [0.4, 0.5) is 0 Å². The van der Waals surface area contributed by atoms with Crippen LogP contribution in [0.5, 0.6) is 0 Å². The van der Waals surface area contributed by atoms with Gasteiger partial charge in [-0.1, -0.05) is 0 Å². The van der Waals surface area contributed by atoms with E-state index in [1.807, 2.05) is 14.1 Å². The quantitative estimate of drug-likeness (QED) is 0.709. The van der Waals surface area contributed by atoms with Crippen molar-refractivity contribution >= 4 is 0 Å². The third-order valence-corrected chi connectivity index (χ3v) is 2.87. The number of nitrogens with one attached hydrogen (secondary N) is 1. The summed E-state index contributed by atoms with van der Waals surface area (Å²) in [5.41, 5.74) is 0. The number of rotatable bonds is 3. The molecule has 0 aromatic carbocycles. The number of nitrogens with zero attached hydrogens (tertiary/aromatic N) is 4. The molecule has 0 spiro atoms. The monoisotopic (exact) mass is 181 g/mol. The third kappa shape index (κ3) is 1.44. The van der Waals surface area contributed by atoms with Gasteiger partial charge in [0, 0.05) is 13.0 Å². The van der Waals surface area contributed by atoms with Crippen LogP contribution in [0.3, 0.4) is 0 Å². The van der Waals surface area contributed by atoms with E-state index in [0.717, 1.165) is 18.3 Å². The molecule has 0 aliphatic heterocycles. The number of hydrogen-bond acceptors (Lipinski definition) is 4. The SMILES string of the molecule is CNCC1CCC1c1nnnn1C. The van der Waals surface area contributed by atoms with Gasteiger partial charge in [0.25, 0.3) is 0 Å². The molecular formula is C8H15N5. The fourth-order valence-electron chi connectivity index (χ4n) is 1.97. The molecule has 1 N–H and O–H groups in total. The van der Waals surface area contributed by atoms with Gasteiger partial charge in [-0.15, -0.1) is 5.10 Å². The van der Waals surface area contributed by atoms with E-state index in [1.165, 1.54) is 12.8 Å². The van der Waals surface area contributed by atoms with Gasteiger partial charge in [-0.25, -0.2) is 4.68 Å². The van der Waals surface area contributed by atoms with Gasteiger partial charge in [-0.05, 0) is 42.8 Å². The maximum absolute atomic E-state index is 4.04. The van der Waals surface area contributed by atoms with Gasteiger partial charge < -0.3 is 5.32 Å². The first-order valence-electron chi connectivity index (χ1n) is 4.69. The molecule has 2 atom stereocenters. The molecule has 0 bridgehead atoms. The standard InChI is InChI=1S/C8H15N5/c1-9-5-6-3-4-7(6)8-10-11-12-13(8)2/h6-7,9H,3-5H2,1-2H3. The largest absolute Gasteiger partial charge is 0.319 e. The fourth-order valence-corrected chi connectivity index (χ4v) is 1.97. The van der Waals surface area contributed by atoms with E-state index in [1.54, 1.807) is 4.68 Å². The summed E-state index contributed by atoms with van der Waals surface area (Å²) in [6.45, 7) is 1.07. The molecule has 0 saturated heterocycles. The molecule has 13 heavy (non-hydrogen) atoms. The highest BCUT2D eigenvalue weighted by atomic mass is 15.5. The molecule has 1 heterocycles. The van der Waals surface area contributed by atoms with Crippen LogP contribution >= 0.6 is 0 Å². The molecule has 0 radical (unpaired) electrons. The van der Waals surface area contributed by atoms with Crippen molar-refractivity contribution in [2.45, 2.75) is 18.8 Å². The van der Waals surface area contributed by atoms with Crippen LogP contribution in [-0.2, 0) is 7.05 Å². The van der Waals surface area contributed by atoms with Crippen molar-refractivity contribution in [2.75, 3.05) is 13.6 Å². The minimum Gasteiger partial charge on any atom is -0.319 e. The molecule has 5 nitrogen and oxygen atoms in total. The Morgan fingerprint density at radius 3 is 2.85 bits per heavy atom. The summed E-state index contributed by atoms with van der Waals surface area (Å²) in [5.74, 6) is 2.31.